The molecule has 0 spiro atoms. The van der Waals surface area contributed by atoms with E-state index in [4.69, 9.17) is 9.57 Å². The molecule has 1 unspecified atom stereocenters. The molecule has 148 valence electrons. The molecule has 1 saturated carbocycles. The fraction of sp³-hybridized carbons (Fsp3) is 0.500. The van der Waals surface area contributed by atoms with Crippen LogP contribution in [0.15, 0.2) is 29.4 Å². The number of carbonyl (C=O) groups excluding carboxylic acids is 1. The summed E-state index contributed by atoms with van der Waals surface area (Å²) >= 11 is 1.46. The highest BCUT2D eigenvalue weighted by atomic mass is 32.1. The molecular formula is C20H24N4O3S. The second-order valence-corrected chi connectivity index (χ2v) is 8.48. The molecular weight excluding hydrogens is 376 g/mol. The van der Waals surface area contributed by atoms with E-state index in [1.165, 1.54) is 30.6 Å². The van der Waals surface area contributed by atoms with Crippen molar-refractivity contribution in [3.63, 3.8) is 0 Å². The number of rotatable bonds is 5. The lowest BCUT2D eigenvalue weighted by Crippen LogP contribution is -2.40. The number of carbonyl (C=O) groups is 1. The van der Waals surface area contributed by atoms with Gasteiger partial charge in [0.15, 0.2) is 0 Å². The van der Waals surface area contributed by atoms with Crippen molar-refractivity contribution in [2.45, 2.75) is 57.0 Å². The lowest BCUT2D eigenvalue weighted by Gasteiger charge is -2.19. The molecule has 0 radical (unpaired) electrons. The quantitative estimate of drug-likeness (QED) is 0.816. The molecule has 7 nitrogen and oxygen atoms in total. The summed E-state index contributed by atoms with van der Waals surface area (Å²) in [5.41, 5.74) is 0.430. The minimum atomic E-state index is -1.09. The zero-order chi connectivity index (χ0) is 19.6. The maximum Gasteiger partial charge on any atom is 0.273 e. The van der Waals surface area contributed by atoms with Crippen molar-refractivity contribution in [1.29, 1.82) is 0 Å². The molecule has 1 fully saturated rings. The molecule has 1 atom stereocenters. The Labute approximate surface area is 168 Å². The lowest BCUT2D eigenvalue weighted by atomic mass is 9.90. The predicted octanol–water partition coefficient (Wildman–Crippen LogP) is 4.12. The van der Waals surface area contributed by atoms with Gasteiger partial charge in [-0.2, -0.15) is 0 Å². The number of anilines is 1. The average molecular weight is 401 g/mol. The smallest absolute Gasteiger partial charge is 0.273 e. The zero-order valence-corrected chi connectivity index (χ0v) is 16.9. The molecule has 8 heteroatoms. The number of oxime groups is 1. The van der Waals surface area contributed by atoms with Gasteiger partial charge < -0.3 is 9.57 Å². The molecule has 1 aliphatic carbocycles. The number of nitrogens with one attached hydrogen (secondary N) is 1. The molecule has 2 heterocycles. The fourth-order valence-corrected chi connectivity index (χ4v) is 4.63. The molecule has 1 amide bonds. The van der Waals surface area contributed by atoms with E-state index in [0.29, 0.717) is 28.9 Å². The van der Waals surface area contributed by atoms with Gasteiger partial charge in [0.1, 0.15) is 10.8 Å². The molecule has 0 saturated heterocycles. The first-order valence-corrected chi connectivity index (χ1v) is 10.4. The summed E-state index contributed by atoms with van der Waals surface area (Å²) in [6, 6.07) is 7.57. The third kappa shape index (κ3) is 3.73. The Kier molecular flexibility index (Phi) is 5.30. The third-order valence-electron chi connectivity index (χ3n) is 5.38. The van der Waals surface area contributed by atoms with Crippen molar-refractivity contribution in [1.82, 2.24) is 10.2 Å². The van der Waals surface area contributed by atoms with E-state index in [0.717, 1.165) is 23.4 Å². The summed E-state index contributed by atoms with van der Waals surface area (Å²) in [6.45, 7) is 1.73. The first-order valence-electron chi connectivity index (χ1n) is 9.62. The number of methoxy groups -OCH3 is 1. The molecule has 1 N–H and O–H groups in total. The number of benzene rings is 1. The first-order chi connectivity index (χ1) is 13.6. The van der Waals surface area contributed by atoms with Gasteiger partial charge in [0, 0.05) is 17.9 Å². The summed E-state index contributed by atoms with van der Waals surface area (Å²) in [6.07, 6.45) is 6.43. The highest BCUT2D eigenvalue weighted by Crippen LogP contribution is 2.36. The maximum atomic E-state index is 12.9. The number of nitrogens with zero attached hydrogens (tertiary/aromatic N) is 3. The Balaban J connectivity index is 1.42. The van der Waals surface area contributed by atoms with Crippen LogP contribution in [0.2, 0.25) is 0 Å². The number of para-hydroxylation sites is 1. The SMILES string of the molecule is COc1ccccc1C1=NOC(C)(C(=O)Nc2nnc(C3CCCCC3)s2)C1. The van der Waals surface area contributed by atoms with Crippen molar-refractivity contribution in [3.05, 3.63) is 34.8 Å². The highest BCUT2D eigenvalue weighted by Gasteiger charge is 2.43. The van der Waals surface area contributed by atoms with Gasteiger partial charge in [0.25, 0.3) is 5.91 Å². The van der Waals surface area contributed by atoms with Crippen LogP contribution in [0.5, 0.6) is 5.75 Å². The molecule has 1 aromatic carbocycles. The Bertz CT molecular complexity index is 891. The van der Waals surface area contributed by atoms with E-state index < -0.39 is 5.60 Å². The van der Waals surface area contributed by atoms with Crippen LogP contribution in [-0.4, -0.2) is 34.5 Å². The number of aromatic nitrogens is 2. The second kappa shape index (κ2) is 7.87. The minimum absolute atomic E-state index is 0.271. The van der Waals surface area contributed by atoms with Gasteiger partial charge >= 0.3 is 0 Å². The van der Waals surface area contributed by atoms with Crippen molar-refractivity contribution in [3.8, 4) is 5.75 Å². The number of hydrogen-bond acceptors (Lipinski definition) is 7. The van der Waals surface area contributed by atoms with Crippen molar-refractivity contribution in [2.75, 3.05) is 12.4 Å². The van der Waals surface area contributed by atoms with E-state index >= 15 is 0 Å². The Morgan fingerprint density at radius 1 is 1.25 bits per heavy atom. The number of ether oxygens (including phenoxy) is 1. The van der Waals surface area contributed by atoms with Crippen molar-refractivity contribution < 1.29 is 14.4 Å². The van der Waals surface area contributed by atoms with Gasteiger partial charge in [-0.3, -0.25) is 10.1 Å². The Morgan fingerprint density at radius 2 is 2.04 bits per heavy atom. The number of hydrogen-bond donors (Lipinski definition) is 1. The minimum Gasteiger partial charge on any atom is -0.496 e. The van der Waals surface area contributed by atoms with E-state index in [2.05, 4.69) is 20.7 Å². The standard InChI is InChI=1S/C20H24N4O3S/c1-20(12-15(24-27-20)14-10-6-7-11-16(14)26-2)18(25)21-19-23-22-17(28-19)13-8-4-3-5-9-13/h6-7,10-11,13H,3-5,8-9,12H2,1-2H3,(H,21,23,25). The Hall–Kier alpha value is -2.48. The molecule has 28 heavy (non-hydrogen) atoms. The van der Waals surface area contributed by atoms with Gasteiger partial charge in [0.05, 0.1) is 12.8 Å². The summed E-state index contributed by atoms with van der Waals surface area (Å²) in [7, 11) is 1.61. The molecule has 1 aliphatic heterocycles. The topological polar surface area (TPSA) is 85.7 Å². The molecule has 2 aliphatic rings. The fourth-order valence-electron chi connectivity index (χ4n) is 3.72. The average Bonchev–Trinajstić information content (AvgIpc) is 3.36. The van der Waals surface area contributed by atoms with Crippen LogP contribution in [0.4, 0.5) is 5.13 Å². The van der Waals surface area contributed by atoms with Crippen molar-refractivity contribution >= 4 is 28.1 Å². The van der Waals surface area contributed by atoms with E-state index in [1.807, 2.05) is 24.3 Å². The van der Waals surface area contributed by atoms with Gasteiger partial charge in [-0.15, -0.1) is 10.2 Å². The van der Waals surface area contributed by atoms with E-state index in [-0.39, 0.29) is 5.91 Å². The van der Waals surface area contributed by atoms with Gasteiger partial charge in [-0.25, -0.2) is 0 Å². The lowest BCUT2D eigenvalue weighted by molar-refractivity contribution is -0.135. The zero-order valence-electron chi connectivity index (χ0n) is 16.1. The van der Waals surface area contributed by atoms with Crippen LogP contribution >= 0.6 is 11.3 Å². The summed E-state index contributed by atoms with van der Waals surface area (Å²) in [5, 5.41) is 17.0. The van der Waals surface area contributed by atoms with Crippen molar-refractivity contribution in [2.24, 2.45) is 5.16 Å². The first kappa shape index (κ1) is 18.9. The van der Waals surface area contributed by atoms with Crippen LogP contribution in [0.25, 0.3) is 0 Å². The summed E-state index contributed by atoms with van der Waals surface area (Å²) in [5.74, 6) is 0.902. The summed E-state index contributed by atoms with van der Waals surface area (Å²) < 4.78 is 5.39. The third-order valence-corrected chi connectivity index (χ3v) is 6.38. The van der Waals surface area contributed by atoms with Crippen LogP contribution in [0.1, 0.15) is 61.9 Å². The van der Waals surface area contributed by atoms with Gasteiger partial charge in [0.2, 0.25) is 10.7 Å². The highest BCUT2D eigenvalue weighted by molar-refractivity contribution is 7.15. The van der Waals surface area contributed by atoms with Crippen LogP contribution in [0, 0.1) is 0 Å². The van der Waals surface area contributed by atoms with E-state index in [1.54, 1.807) is 14.0 Å². The molecule has 4 rings (SSSR count). The largest absolute Gasteiger partial charge is 0.496 e. The van der Waals surface area contributed by atoms with Gasteiger partial charge in [-0.05, 0) is 31.9 Å². The summed E-state index contributed by atoms with van der Waals surface area (Å²) in [4.78, 5) is 18.4. The molecule has 2 aromatic rings. The Morgan fingerprint density at radius 3 is 2.82 bits per heavy atom. The van der Waals surface area contributed by atoms with E-state index in [9.17, 15) is 4.79 Å². The maximum absolute atomic E-state index is 12.9. The molecule has 1 aromatic heterocycles. The second-order valence-electron chi connectivity index (χ2n) is 7.47. The van der Waals surface area contributed by atoms with Crippen LogP contribution in [-0.2, 0) is 9.63 Å². The van der Waals surface area contributed by atoms with Crippen LogP contribution in [0.3, 0.4) is 0 Å². The normalized spacial score (nSPS) is 22.4. The molecule has 0 bridgehead atoms. The van der Waals surface area contributed by atoms with Gasteiger partial charge in [-0.1, -0.05) is 47.9 Å². The number of amides is 1. The predicted molar refractivity (Wildman–Crippen MR) is 108 cm³/mol. The van der Waals surface area contributed by atoms with Crippen LogP contribution < -0.4 is 10.1 Å². The monoisotopic (exact) mass is 400 g/mol.